The monoisotopic (exact) mass is 455 g/mol. The van der Waals surface area contributed by atoms with E-state index >= 15 is 0 Å². The number of rotatable bonds is 10. The average Bonchev–Trinajstić information content (AvgIpc) is 3.54. The Balaban J connectivity index is 1.43. The molecule has 0 bridgehead atoms. The van der Waals surface area contributed by atoms with Crippen LogP contribution in [0.25, 0.3) is 16.2 Å². The fraction of sp³-hybridized carbons (Fsp3) is 0.458. The molecule has 3 aromatic rings. The number of esters is 1. The molecule has 1 unspecified atom stereocenters. The molecule has 0 spiro atoms. The zero-order chi connectivity index (χ0) is 22.3. The number of thiazole rings is 1. The Morgan fingerprint density at radius 3 is 2.88 bits per heavy atom. The van der Waals surface area contributed by atoms with Gasteiger partial charge in [-0.3, -0.25) is 14.0 Å². The van der Waals surface area contributed by atoms with Crippen molar-refractivity contribution < 1.29 is 19.1 Å². The summed E-state index contributed by atoms with van der Waals surface area (Å²) < 4.78 is 12.8. The van der Waals surface area contributed by atoms with E-state index in [4.69, 9.17) is 14.5 Å². The number of ether oxygens (including phenoxy) is 2. The number of carbonyl (C=O) groups is 2. The lowest BCUT2D eigenvalue weighted by Crippen LogP contribution is -2.39. The number of imidazole rings is 1. The van der Waals surface area contributed by atoms with E-state index in [1.807, 2.05) is 23.1 Å². The molecule has 0 N–H and O–H groups in total. The van der Waals surface area contributed by atoms with Crippen LogP contribution in [0.3, 0.4) is 0 Å². The molecule has 1 aromatic carbocycles. The van der Waals surface area contributed by atoms with Crippen molar-refractivity contribution in [3.05, 3.63) is 47.6 Å². The van der Waals surface area contributed by atoms with Gasteiger partial charge in [0.05, 0.1) is 24.8 Å². The van der Waals surface area contributed by atoms with E-state index in [1.54, 1.807) is 18.3 Å². The Kier molecular flexibility index (Phi) is 7.55. The van der Waals surface area contributed by atoms with Crippen LogP contribution in [0.2, 0.25) is 0 Å². The average molecular weight is 456 g/mol. The molecule has 1 amide bonds. The molecule has 0 aliphatic carbocycles. The number of benzene rings is 1. The topological polar surface area (TPSA) is 73.1 Å². The summed E-state index contributed by atoms with van der Waals surface area (Å²) in [5.74, 6) is -0.361. The van der Waals surface area contributed by atoms with Crippen molar-refractivity contribution in [1.82, 2.24) is 14.3 Å². The number of carbonyl (C=O) groups excluding carboxylic acids is 2. The van der Waals surface area contributed by atoms with Gasteiger partial charge in [-0.1, -0.05) is 30.3 Å². The largest absolute Gasteiger partial charge is 0.466 e. The highest BCUT2D eigenvalue weighted by Crippen LogP contribution is 2.24. The molecule has 2 aromatic heterocycles. The van der Waals surface area contributed by atoms with E-state index in [1.165, 1.54) is 0 Å². The fourth-order valence-electron chi connectivity index (χ4n) is 3.96. The highest BCUT2D eigenvalue weighted by molar-refractivity contribution is 7.15. The second-order valence-electron chi connectivity index (χ2n) is 7.90. The van der Waals surface area contributed by atoms with Gasteiger partial charge in [0, 0.05) is 55.4 Å². The van der Waals surface area contributed by atoms with Crippen LogP contribution in [0.15, 0.2) is 41.9 Å². The summed E-state index contributed by atoms with van der Waals surface area (Å²) in [6.07, 6.45) is 5.10. The lowest BCUT2D eigenvalue weighted by Gasteiger charge is -2.25. The highest BCUT2D eigenvalue weighted by atomic mass is 32.1. The van der Waals surface area contributed by atoms with Gasteiger partial charge in [-0.15, -0.1) is 11.3 Å². The van der Waals surface area contributed by atoms with Crippen LogP contribution in [-0.4, -0.2) is 58.6 Å². The minimum atomic E-state index is -0.329. The number of nitrogens with zero attached hydrogens (tertiary/aromatic N) is 3. The Bertz CT molecular complexity index is 1040. The van der Waals surface area contributed by atoms with E-state index in [0.717, 1.165) is 41.4 Å². The summed E-state index contributed by atoms with van der Waals surface area (Å²) in [7, 11) is 0. The molecule has 0 radical (unpaired) electrons. The van der Waals surface area contributed by atoms with E-state index in [9.17, 15) is 9.59 Å². The van der Waals surface area contributed by atoms with Gasteiger partial charge in [0.15, 0.2) is 4.96 Å². The van der Waals surface area contributed by atoms with Crippen LogP contribution >= 0.6 is 11.3 Å². The maximum absolute atomic E-state index is 12.9. The molecule has 1 aliphatic rings. The number of amides is 1. The second-order valence-corrected chi connectivity index (χ2v) is 8.74. The van der Waals surface area contributed by atoms with Crippen LogP contribution < -0.4 is 0 Å². The minimum absolute atomic E-state index is 0.0318. The van der Waals surface area contributed by atoms with Crippen molar-refractivity contribution in [3.8, 4) is 11.3 Å². The van der Waals surface area contributed by atoms with Crippen molar-refractivity contribution in [1.29, 1.82) is 0 Å². The van der Waals surface area contributed by atoms with Crippen molar-refractivity contribution in [2.45, 2.75) is 45.1 Å². The number of hydrogen-bond donors (Lipinski definition) is 0. The van der Waals surface area contributed by atoms with Gasteiger partial charge in [0.1, 0.15) is 0 Å². The normalized spacial score (nSPS) is 15.8. The van der Waals surface area contributed by atoms with Crippen molar-refractivity contribution in [3.63, 3.8) is 0 Å². The van der Waals surface area contributed by atoms with Gasteiger partial charge in [0.2, 0.25) is 5.91 Å². The fourth-order valence-corrected chi connectivity index (χ4v) is 4.87. The summed E-state index contributed by atoms with van der Waals surface area (Å²) >= 11 is 1.60. The molecule has 1 atom stereocenters. The first kappa shape index (κ1) is 22.5. The lowest BCUT2D eigenvalue weighted by molar-refractivity contribution is -0.146. The minimum Gasteiger partial charge on any atom is -0.466 e. The molecule has 32 heavy (non-hydrogen) atoms. The van der Waals surface area contributed by atoms with Gasteiger partial charge in [0.25, 0.3) is 0 Å². The van der Waals surface area contributed by atoms with Crippen molar-refractivity contribution >= 4 is 28.2 Å². The van der Waals surface area contributed by atoms with Gasteiger partial charge in [-0.25, -0.2) is 4.98 Å². The summed E-state index contributed by atoms with van der Waals surface area (Å²) in [5, 5.41) is 2.10. The molecular weight excluding hydrogens is 426 g/mol. The van der Waals surface area contributed by atoms with Crippen molar-refractivity contribution in [2.75, 3.05) is 26.3 Å². The molecule has 1 aliphatic heterocycles. The van der Waals surface area contributed by atoms with Gasteiger partial charge < -0.3 is 14.4 Å². The number of fused-ring (bicyclic) bond motifs is 1. The molecule has 1 fully saturated rings. The van der Waals surface area contributed by atoms with Crippen LogP contribution in [0.5, 0.6) is 0 Å². The van der Waals surface area contributed by atoms with Gasteiger partial charge in [-0.05, 0) is 19.8 Å². The smallest absolute Gasteiger partial charge is 0.306 e. The molecule has 4 rings (SSSR count). The maximum Gasteiger partial charge on any atom is 0.306 e. The quantitative estimate of drug-likeness (QED) is 0.433. The predicted octanol–water partition coefficient (Wildman–Crippen LogP) is 3.96. The molecule has 7 nitrogen and oxygen atoms in total. The molecular formula is C24H29N3O4S. The first-order valence-corrected chi connectivity index (χ1v) is 12.1. The first-order valence-electron chi connectivity index (χ1n) is 11.2. The number of aromatic nitrogens is 2. The standard InChI is InChI=1S/C24H29N3O4S/c1-2-30-23(29)11-10-22(28)26(15-20-9-6-14-31-20)13-12-19-17-32-24-25-21(16-27(19)24)18-7-4-3-5-8-18/h3-5,7-8,16-17,20H,2,6,9-15H2,1H3. The molecule has 1 saturated heterocycles. The van der Waals surface area contributed by atoms with Crippen LogP contribution in [0.1, 0.15) is 38.3 Å². The van der Waals surface area contributed by atoms with E-state index in [0.29, 0.717) is 26.1 Å². The first-order chi connectivity index (χ1) is 15.6. The highest BCUT2D eigenvalue weighted by Gasteiger charge is 2.23. The SMILES string of the molecule is CCOC(=O)CCC(=O)N(CCc1csc2nc(-c3ccccc3)cn12)CC1CCCO1. The zero-order valence-electron chi connectivity index (χ0n) is 18.4. The third-order valence-corrected chi connectivity index (χ3v) is 6.53. The summed E-state index contributed by atoms with van der Waals surface area (Å²) in [4.78, 5) is 32.1. The van der Waals surface area contributed by atoms with Gasteiger partial charge >= 0.3 is 5.97 Å². The van der Waals surface area contributed by atoms with E-state index < -0.39 is 0 Å². The van der Waals surface area contributed by atoms with Crippen LogP contribution in [0, 0.1) is 0 Å². The molecule has 3 heterocycles. The Labute approximate surface area is 192 Å². The molecule has 8 heteroatoms. The van der Waals surface area contributed by atoms with Crippen LogP contribution in [-0.2, 0) is 25.5 Å². The maximum atomic E-state index is 12.9. The second kappa shape index (κ2) is 10.7. The summed E-state index contributed by atoms with van der Waals surface area (Å²) in [6, 6.07) is 10.1. The zero-order valence-corrected chi connectivity index (χ0v) is 19.2. The molecule has 0 saturated carbocycles. The van der Waals surface area contributed by atoms with E-state index in [2.05, 4.69) is 28.1 Å². The molecule has 170 valence electrons. The van der Waals surface area contributed by atoms with E-state index in [-0.39, 0.29) is 30.8 Å². The summed E-state index contributed by atoms with van der Waals surface area (Å²) in [6.45, 7) is 3.99. The third-order valence-electron chi connectivity index (χ3n) is 5.64. The third kappa shape index (κ3) is 5.55. The van der Waals surface area contributed by atoms with Gasteiger partial charge in [-0.2, -0.15) is 0 Å². The van der Waals surface area contributed by atoms with Crippen LogP contribution in [0.4, 0.5) is 0 Å². The predicted molar refractivity (Wildman–Crippen MR) is 124 cm³/mol. The van der Waals surface area contributed by atoms with Crippen molar-refractivity contribution in [2.24, 2.45) is 0 Å². The Morgan fingerprint density at radius 1 is 1.28 bits per heavy atom. The Morgan fingerprint density at radius 2 is 2.12 bits per heavy atom. The number of hydrogen-bond acceptors (Lipinski definition) is 6. The summed E-state index contributed by atoms with van der Waals surface area (Å²) in [5.41, 5.74) is 3.15. The Hall–Kier alpha value is -2.71. The lowest BCUT2D eigenvalue weighted by atomic mass is 10.2.